The van der Waals surface area contributed by atoms with Crippen molar-refractivity contribution in [3.8, 4) is 11.1 Å². The maximum Gasteiger partial charge on any atom is 0.220 e. The zero-order chi connectivity index (χ0) is 12.9. The topological polar surface area (TPSA) is 60.2 Å². The molecule has 0 unspecified atom stereocenters. The highest BCUT2D eigenvalue weighted by molar-refractivity contribution is 7.89. The first-order chi connectivity index (χ1) is 8.48. The average Bonchev–Trinajstić information content (AvgIpc) is 2.61. The van der Waals surface area contributed by atoms with Gasteiger partial charge in [-0.3, -0.25) is 0 Å². The number of hydrogen-bond donors (Lipinski definition) is 1. The molecule has 2 aromatic carbocycles. The maximum absolute atomic E-state index is 11.8. The Hall–Kier alpha value is -1.36. The fourth-order valence-electron chi connectivity index (χ4n) is 2.49. The van der Waals surface area contributed by atoms with Gasteiger partial charge in [-0.25, -0.2) is 13.6 Å². The van der Waals surface area contributed by atoms with Crippen LogP contribution in [0.4, 0.5) is 0 Å². The van der Waals surface area contributed by atoms with Crippen LogP contribution in [0.15, 0.2) is 42.5 Å². The fraction of sp³-hybridized carbons (Fsp3) is 0.0769. The molecule has 3 rings (SSSR count). The smallest absolute Gasteiger partial charge is 0.220 e. The Morgan fingerprint density at radius 1 is 1.00 bits per heavy atom. The molecular weight excluding hydrogens is 270 g/mol. The standard InChI is InChI=1S/C13H10ClNO2S/c14-8-5-6-10-9-3-1-2-4-11(9)13(12(10)7-8)18(15,16)17/h1-7,13H,(H2,15,16,17)/t13-/m0/s1. The first-order valence-corrected chi connectivity index (χ1v) is 7.37. The second-order valence-electron chi connectivity index (χ2n) is 4.29. The summed E-state index contributed by atoms with van der Waals surface area (Å²) >= 11 is 5.95. The van der Waals surface area contributed by atoms with E-state index in [4.69, 9.17) is 16.7 Å². The van der Waals surface area contributed by atoms with Crippen LogP contribution in [0, 0.1) is 0 Å². The quantitative estimate of drug-likeness (QED) is 0.872. The molecule has 1 atom stereocenters. The lowest BCUT2D eigenvalue weighted by molar-refractivity contribution is 0.591. The molecule has 92 valence electrons. The SMILES string of the molecule is NS(=O)(=O)[C@H]1c2ccccc2-c2ccc(Cl)cc21. The Balaban J connectivity index is 2.39. The molecule has 0 aromatic heterocycles. The van der Waals surface area contributed by atoms with Crippen molar-refractivity contribution in [2.75, 3.05) is 0 Å². The predicted molar refractivity (Wildman–Crippen MR) is 71.8 cm³/mol. The average molecular weight is 280 g/mol. The van der Waals surface area contributed by atoms with E-state index in [-0.39, 0.29) is 0 Å². The van der Waals surface area contributed by atoms with E-state index in [2.05, 4.69) is 0 Å². The van der Waals surface area contributed by atoms with Crippen LogP contribution in [0.2, 0.25) is 5.02 Å². The minimum atomic E-state index is -3.70. The molecule has 5 heteroatoms. The van der Waals surface area contributed by atoms with Crippen molar-refractivity contribution in [3.63, 3.8) is 0 Å². The van der Waals surface area contributed by atoms with Gasteiger partial charge >= 0.3 is 0 Å². The van der Waals surface area contributed by atoms with E-state index in [9.17, 15) is 8.42 Å². The molecule has 1 aliphatic rings. The Bertz CT molecular complexity index is 740. The number of nitrogens with two attached hydrogens (primary N) is 1. The molecule has 0 saturated carbocycles. The molecule has 2 aromatic rings. The zero-order valence-electron chi connectivity index (χ0n) is 9.30. The van der Waals surface area contributed by atoms with Gasteiger partial charge in [0, 0.05) is 5.02 Å². The lowest BCUT2D eigenvalue weighted by Gasteiger charge is -2.10. The van der Waals surface area contributed by atoms with Crippen LogP contribution in [0.1, 0.15) is 16.4 Å². The first-order valence-electron chi connectivity index (χ1n) is 5.39. The first kappa shape index (κ1) is 11.7. The van der Waals surface area contributed by atoms with Gasteiger partial charge in [-0.15, -0.1) is 0 Å². The van der Waals surface area contributed by atoms with E-state index in [0.29, 0.717) is 10.6 Å². The minimum Gasteiger partial charge on any atom is -0.228 e. The van der Waals surface area contributed by atoms with Gasteiger partial charge in [0.25, 0.3) is 0 Å². The van der Waals surface area contributed by atoms with Crippen molar-refractivity contribution in [1.82, 2.24) is 0 Å². The van der Waals surface area contributed by atoms with Crippen molar-refractivity contribution in [2.24, 2.45) is 5.14 Å². The van der Waals surface area contributed by atoms with Crippen molar-refractivity contribution in [1.29, 1.82) is 0 Å². The monoisotopic (exact) mass is 279 g/mol. The highest BCUT2D eigenvalue weighted by Crippen LogP contribution is 2.47. The summed E-state index contributed by atoms with van der Waals surface area (Å²) in [4.78, 5) is 0. The largest absolute Gasteiger partial charge is 0.228 e. The van der Waals surface area contributed by atoms with Crippen LogP contribution in [-0.2, 0) is 10.0 Å². The Morgan fingerprint density at radius 3 is 2.39 bits per heavy atom. The number of halogens is 1. The van der Waals surface area contributed by atoms with E-state index in [1.54, 1.807) is 18.2 Å². The van der Waals surface area contributed by atoms with Crippen LogP contribution in [0.25, 0.3) is 11.1 Å². The number of benzene rings is 2. The Labute approximate surface area is 110 Å². The van der Waals surface area contributed by atoms with Crippen LogP contribution in [0.5, 0.6) is 0 Å². The number of rotatable bonds is 1. The number of sulfonamides is 1. The predicted octanol–water partition coefficient (Wildman–Crippen LogP) is 2.70. The van der Waals surface area contributed by atoms with Gasteiger partial charge < -0.3 is 0 Å². The van der Waals surface area contributed by atoms with E-state index in [0.717, 1.165) is 16.7 Å². The molecule has 0 aliphatic heterocycles. The summed E-state index contributed by atoms with van der Waals surface area (Å²) in [7, 11) is -3.70. The lowest BCUT2D eigenvalue weighted by atomic mass is 10.1. The van der Waals surface area contributed by atoms with Crippen molar-refractivity contribution in [2.45, 2.75) is 5.25 Å². The van der Waals surface area contributed by atoms with Gasteiger partial charge in [0.2, 0.25) is 10.0 Å². The third-order valence-corrected chi connectivity index (χ3v) is 4.56. The molecule has 0 radical (unpaired) electrons. The van der Waals surface area contributed by atoms with Crippen molar-refractivity contribution >= 4 is 21.6 Å². The van der Waals surface area contributed by atoms with Crippen molar-refractivity contribution in [3.05, 3.63) is 58.6 Å². The summed E-state index contributed by atoms with van der Waals surface area (Å²) in [6, 6.07) is 12.6. The number of primary sulfonamides is 1. The van der Waals surface area contributed by atoms with Gasteiger partial charge in [0.05, 0.1) is 0 Å². The summed E-state index contributed by atoms with van der Waals surface area (Å²) in [6.45, 7) is 0. The Morgan fingerprint density at radius 2 is 1.67 bits per heavy atom. The number of fused-ring (bicyclic) bond motifs is 3. The summed E-state index contributed by atoms with van der Waals surface area (Å²) in [6.07, 6.45) is 0. The highest BCUT2D eigenvalue weighted by Gasteiger charge is 2.35. The molecule has 0 spiro atoms. The molecule has 3 nitrogen and oxygen atoms in total. The molecule has 0 heterocycles. The highest BCUT2D eigenvalue weighted by atomic mass is 35.5. The Kier molecular flexibility index (Phi) is 2.48. The lowest BCUT2D eigenvalue weighted by Crippen LogP contribution is -2.20. The molecule has 18 heavy (non-hydrogen) atoms. The van der Waals surface area contributed by atoms with Crippen LogP contribution in [-0.4, -0.2) is 8.42 Å². The molecule has 0 fully saturated rings. The van der Waals surface area contributed by atoms with E-state index >= 15 is 0 Å². The van der Waals surface area contributed by atoms with Crippen molar-refractivity contribution < 1.29 is 8.42 Å². The van der Waals surface area contributed by atoms with Gasteiger partial charge in [-0.05, 0) is 34.4 Å². The summed E-state index contributed by atoms with van der Waals surface area (Å²) in [5, 5.41) is 5.04. The van der Waals surface area contributed by atoms with E-state index < -0.39 is 15.3 Å². The summed E-state index contributed by atoms with van der Waals surface area (Å²) < 4.78 is 23.6. The molecular formula is C13H10ClNO2S. The van der Waals surface area contributed by atoms with E-state index in [1.807, 2.05) is 24.3 Å². The third kappa shape index (κ3) is 1.65. The fourth-order valence-corrected chi connectivity index (χ4v) is 3.78. The zero-order valence-corrected chi connectivity index (χ0v) is 10.9. The summed E-state index contributed by atoms with van der Waals surface area (Å²) in [5.74, 6) is 0. The molecule has 0 amide bonds. The van der Waals surface area contributed by atoms with Gasteiger partial charge in [-0.1, -0.05) is 41.9 Å². The van der Waals surface area contributed by atoms with E-state index in [1.165, 1.54) is 0 Å². The number of hydrogen-bond acceptors (Lipinski definition) is 2. The van der Waals surface area contributed by atoms with Gasteiger partial charge in [0.1, 0.15) is 5.25 Å². The van der Waals surface area contributed by atoms with Gasteiger partial charge in [-0.2, -0.15) is 0 Å². The third-order valence-electron chi connectivity index (χ3n) is 3.16. The second kappa shape index (κ2) is 3.82. The molecule has 0 bridgehead atoms. The van der Waals surface area contributed by atoms with Crippen LogP contribution in [0.3, 0.4) is 0 Å². The maximum atomic E-state index is 11.8. The summed E-state index contributed by atoms with van der Waals surface area (Å²) in [5.41, 5.74) is 3.17. The second-order valence-corrected chi connectivity index (χ2v) is 6.37. The minimum absolute atomic E-state index is 0.509. The van der Waals surface area contributed by atoms with Crippen LogP contribution >= 0.6 is 11.6 Å². The molecule has 2 N–H and O–H groups in total. The van der Waals surface area contributed by atoms with Gasteiger partial charge in [0.15, 0.2) is 0 Å². The van der Waals surface area contributed by atoms with Crippen LogP contribution < -0.4 is 5.14 Å². The molecule has 0 saturated heterocycles. The normalized spacial score (nSPS) is 17.3. The molecule has 1 aliphatic carbocycles.